The SMILES string of the molecule is CCNC(=O)CCCCOc1cc(OC)c(CNC(=O)C2(NC(=O)OCC3c4ccccc4-c4ccccc43)CCN(C(=O)OC(C)(C)C)CC2)c(OC)c1. The molecule has 0 radical (unpaired) electrons. The minimum absolute atomic E-state index is 0.0149. The number of rotatable bonds is 15. The van der Waals surface area contributed by atoms with Crippen LogP contribution in [0.15, 0.2) is 60.7 Å². The maximum atomic E-state index is 14.2. The second kappa shape index (κ2) is 18.2. The molecule has 1 aliphatic heterocycles. The third-order valence-electron chi connectivity index (χ3n) is 9.84. The number of nitrogens with zero attached hydrogens (tertiary/aromatic N) is 1. The molecule has 0 saturated carbocycles. The molecule has 0 unspecified atom stereocenters. The molecule has 1 heterocycles. The van der Waals surface area contributed by atoms with Gasteiger partial charge in [-0.1, -0.05) is 48.5 Å². The lowest BCUT2D eigenvalue weighted by atomic mass is 9.86. The van der Waals surface area contributed by atoms with Crippen LogP contribution in [0, 0.1) is 0 Å². The van der Waals surface area contributed by atoms with Crippen molar-refractivity contribution in [3.8, 4) is 28.4 Å². The molecule has 0 aromatic heterocycles. The maximum Gasteiger partial charge on any atom is 0.410 e. The first-order chi connectivity index (χ1) is 26.4. The monoisotopic (exact) mass is 758 g/mol. The lowest BCUT2D eigenvalue weighted by molar-refractivity contribution is -0.129. The van der Waals surface area contributed by atoms with Gasteiger partial charge in [0, 0.05) is 44.1 Å². The third-order valence-corrected chi connectivity index (χ3v) is 9.84. The first-order valence-corrected chi connectivity index (χ1v) is 18.9. The number of methoxy groups -OCH3 is 2. The van der Waals surface area contributed by atoms with Gasteiger partial charge in [0.15, 0.2) is 0 Å². The number of ether oxygens (including phenoxy) is 5. The summed E-state index contributed by atoms with van der Waals surface area (Å²) < 4.78 is 28.8. The predicted molar refractivity (Wildman–Crippen MR) is 207 cm³/mol. The number of unbranched alkanes of at least 4 members (excludes halogenated alkanes) is 1. The topological polar surface area (TPSA) is 154 Å². The number of fused-ring (bicyclic) bond motifs is 3. The molecule has 2 aliphatic rings. The van der Waals surface area contributed by atoms with E-state index in [4.69, 9.17) is 23.7 Å². The van der Waals surface area contributed by atoms with E-state index in [0.717, 1.165) is 22.3 Å². The van der Waals surface area contributed by atoms with Gasteiger partial charge in [0.2, 0.25) is 11.8 Å². The second-order valence-electron chi connectivity index (χ2n) is 14.7. The average Bonchev–Trinajstić information content (AvgIpc) is 3.48. The van der Waals surface area contributed by atoms with E-state index >= 15 is 0 Å². The standard InChI is InChI=1S/C42H54N4O9/c1-7-43-37(47)18-12-13-23-53-28-24-35(51-5)33(36(25-28)52-6)26-44-38(48)42(19-21-46(22-20-42)40(50)55-41(2,3)4)45-39(49)54-27-34-31-16-10-8-14-29(31)30-15-9-11-17-32(30)34/h8-11,14-17,24-25,34H,7,12-13,18-23,26-27H2,1-6H3,(H,43,47)(H,44,48)(H,45,49). The van der Waals surface area contributed by atoms with Crippen LogP contribution in [0.4, 0.5) is 9.59 Å². The summed E-state index contributed by atoms with van der Waals surface area (Å²) in [6.45, 7) is 8.71. The third kappa shape index (κ3) is 10.2. The maximum absolute atomic E-state index is 14.2. The lowest BCUT2D eigenvalue weighted by Crippen LogP contribution is -2.63. The smallest absolute Gasteiger partial charge is 0.410 e. The van der Waals surface area contributed by atoms with E-state index in [2.05, 4.69) is 28.1 Å². The zero-order valence-corrected chi connectivity index (χ0v) is 32.8. The van der Waals surface area contributed by atoms with E-state index in [-0.39, 0.29) is 50.9 Å². The van der Waals surface area contributed by atoms with Crippen molar-refractivity contribution in [3.05, 3.63) is 77.4 Å². The van der Waals surface area contributed by atoms with Crippen LogP contribution in [0.25, 0.3) is 11.1 Å². The number of alkyl carbamates (subject to hydrolysis) is 1. The Morgan fingerprint density at radius 3 is 2.02 bits per heavy atom. The van der Waals surface area contributed by atoms with Crippen LogP contribution in [0.3, 0.4) is 0 Å². The fourth-order valence-corrected chi connectivity index (χ4v) is 7.05. The van der Waals surface area contributed by atoms with Gasteiger partial charge < -0.3 is 44.5 Å². The fourth-order valence-electron chi connectivity index (χ4n) is 7.05. The van der Waals surface area contributed by atoms with Gasteiger partial charge >= 0.3 is 12.2 Å². The van der Waals surface area contributed by atoms with Gasteiger partial charge in [-0.25, -0.2) is 9.59 Å². The van der Waals surface area contributed by atoms with Crippen LogP contribution in [-0.2, 0) is 25.6 Å². The molecular formula is C42H54N4O9. The van der Waals surface area contributed by atoms with Gasteiger partial charge in [0.1, 0.15) is 35.0 Å². The van der Waals surface area contributed by atoms with Gasteiger partial charge in [0.25, 0.3) is 0 Å². The highest BCUT2D eigenvalue weighted by Gasteiger charge is 2.45. The van der Waals surface area contributed by atoms with Crippen molar-refractivity contribution < 1.29 is 42.9 Å². The van der Waals surface area contributed by atoms with E-state index < -0.39 is 29.2 Å². The molecule has 1 saturated heterocycles. The highest BCUT2D eigenvalue weighted by molar-refractivity contribution is 5.90. The zero-order chi connectivity index (χ0) is 39.6. The van der Waals surface area contributed by atoms with Gasteiger partial charge in [-0.05, 0) is 75.6 Å². The average molecular weight is 759 g/mol. The summed E-state index contributed by atoms with van der Waals surface area (Å²) in [5.41, 5.74) is 2.86. The summed E-state index contributed by atoms with van der Waals surface area (Å²) in [6, 6.07) is 19.6. The molecule has 13 heteroatoms. The van der Waals surface area contributed by atoms with Crippen LogP contribution in [0.2, 0.25) is 0 Å². The molecule has 1 fully saturated rings. The van der Waals surface area contributed by atoms with E-state index in [0.29, 0.717) is 55.2 Å². The number of piperidine rings is 1. The Balaban J connectivity index is 1.28. The molecular weight excluding hydrogens is 704 g/mol. The van der Waals surface area contributed by atoms with Crippen LogP contribution in [0.5, 0.6) is 17.2 Å². The number of benzene rings is 3. The molecule has 5 rings (SSSR count). The van der Waals surface area contributed by atoms with Gasteiger partial charge in [-0.2, -0.15) is 0 Å². The molecule has 3 aromatic carbocycles. The largest absolute Gasteiger partial charge is 0.496 e. The molecule has 3 N–H and O–H groups in total. The molecule has 0 spiro atoms. The Morgan fingerprint density at radius 1 is 0.855 bits per heavy atom. The van der Waals surface area contributed by atoms with Crippen LogP contribution in [0.1, 0.15) is 82.4 Å². The fraction of sp³-hybridized carbons (Fsp3) is 0.476. The first-order valence-electron chi connectivity index (χ1n) is 18.9. The summed E-state index contributed by atoms with van der Waals surface area (Å²) in [7, 11) is 3.03. The first kappa shape index (κ1) is 40.7. The lowest BCUT2D eigenvalue weighted by Gasteiger charge is -2.41. The molecule has 0 atom stereocenters. The Morgan fingerprint density at radius 2 is 1.45 bits per heavy atom. The molecule has 55 heavy (non-hydrogen) atoms. The number of carbonyl (C=O) groups is 4. The summed E-state index contributed by atoms with van der Waals surface area (Å²) in [6.07, 6.45) is 0.841. The van der Waals surface area contributed by atoms with Crippen molar-refractivity contribution in [1.29, 1.82) is 0 Å². The number of likely N-dealkylation sites (tertiary alicyclic amines) is 1. The number of amides is 4. The van der Waals surface area contributed by atoms with Crippen LogP contribution < -0.4 is 30.2 Å². The minimum atomic E-state index is -1.39. The van der Waals surface area contributed by atoms with Crippen molar-refractivity contribution in [1.82, 2.24) is 20.9 Å². The molecule has 4 amide bonds. The van der Waals surface area contributed by atoms with E-state index in [1.54, 1.807) is 37.8 Å². The highest BCUT2D eigenvalue weighted by atomic mass is 16.6. The van der Waals surface area contributed by atoms with Gasteiger partial charge in [-0.15, -0.1) is 0 Å². The van der Waals surface area contributed by atoms with E-state index in [9.17, 15) is 19.2 Å². The molecule has 296 valence electrons. The molecule has 1 aliphatic carbocycles. The summed E-state index contributed by atoms with van der Waals surface area (Å²) >= 11 is 0. The second-order valence-corrected chi connectivity index (χ2v) is 14.7. The van der Waals surface area contributed by atoms with Crippen molar-refractivity contribution in [3.63, 3.8) is 0 Å². The number of nitrogens with one attached hydrogen (secondary N) is 3. The number of hydrogen-bond donors (Lipinski definition) is 3. The summed E-state index contributed by atoms with van der Waals surface area (Å²) in [4.78, 5) is 54.1. The van der Waals surface area contributed by atoms with Crippen molar-refractivity contribution in [2.45, 2.75) is 83.4 Å². The highest BCUT2D eigenvalue weighted by Crippen LogP contribution is 2.44. The zero-order valence-electron chi connectivity index (χ0n) is 32.8. The van der Waals surface area contributed by atoms with Crippen LogP contribution >= 0.6 is 0 Å². The van der Waals surface area contributed by atoms with Crippen molar-refractivity contribution in [2.75, 3.05) is 47.1 Å². The van der Waals surface area contributed by atoms with Gasteiger partial charge in [0.05, 0.1) is 32.9 Å². The Bertz CT molecular complexity index is 1760. The normalized spacial score (nSPS) is 14.5. The quantitative estimate of drug-likeness (QED) is 0.151. The van der Waals surface area contributed by atoms with Crippen molar-refractivity contribution >= 4 is 24.0 Å². The minimum Gasteiger partial charge on any atom is -0.496 e. The Labute approximate surface area is 323 Å². The Hall–Kier alpha value is -5.46. The summed E-state index contributed by atoms with van der Waals surface area (Å²) in [5, 5.41) is 8.68. The predicted octanol–water partition coefficient (Wildman–Crippen LogP) is 6.31. The number of hydrogen-bond acceptors (Lipinski definition) is 9. The molecule has 3 aromatic rings. The van der Waals surface area contributed by atoms with E-state index in [1.165, 1.54) is 14.2 Å². The molecule has 13 nitrogen and oxygen atoms in total. The summed E-state index contributed by atoms with van der Waals surface area (Å²) in [5.74, 6) is 0.814. The number of carbonyl (C=O) groups excluding carboxylic acids is 4. The van der Waals surface area contributed by atoms with Crippen LogP contribution in [-0.4, -0.2) is 87.1 Å². The van der Waals surface area contributed by atoms with Gasteiger partial charge in [-0.3, -0.25) is 9.59 Å². The van der Waals surface area contributed by atoms with E-state index in [1.807, 2.05) is 43.3 Å². The van der Waals surface area contributed by atoms with Crippen molar-refractivity contribution in [2.24, 2.45) is 0 Å². The Kier molecular flexibility index (Phi) is 13.5. The molecule has 0 bridgehead atoms.